The predicted molar refractivity (Wildman–Crippen MR) is 131 cm³/mol. The average molecular weight is 450 g/mol. The Bertz CT molecular complexity index is 495. The van der Waals surface area contributed by atoms with Gasteiger partial charge in [0.15, 0.2) is 0 Å². The lowest BCUT2D eigenvalue weighted by molar-refractivity contribution is -0.0618. The lowest BCUT2D eigenvalue weighted by Crippen LogP contribution is -2.73. The van der Waals surface area contributed by atoms with Crippen LogP contribution in [-0.4, -0.2) is 42.4 Å². The zero-order valence-electron chi connectivity index (χ0n) is 20.7. The molecule has 1 heterocycles. The minimum atomic E-state index is -0.272. The number of hydrogen-bond acceptors (Lipinski definition) is 5. The maximum Gasteiger partial charge on any atom is 0.0649 e. The van der Waals surface area contributed by atoms with Crippen LogP contribution in [0.25, 0.3) is 0 Å². The summed E-state index contributed by atoms with van der Waals surface area (Å²) in [4.78, 5) is 0. The van der Waals surface area contributed by atoms with Crippen molar-refractivity contribution in [2.45, 2.75) is 147 Å². The monoisotopic (exact) mass is 449 g/mol. The molecule has 4 rings (SSSR count). The molecular weight excluding hydrogens is 398 g/mol. The number of unbranched alkanes of at least 4 members (excludes halogenated alkanes) is 3. The average Bonchev–Trinajstić information content (AvgIpc) is 2.85. The number of ether oxygens (including phenoxy) is 1. The van der Waals surface area contributed by atoms with Gasteiger partial charge in [0.05, 0.1) is 30.7 Å². The van der Waals surface area contributed by atoms with E-state index in [4.69, 9.17) is 4.74 Å². The zero-order chi connectivity index (χ0) is 22.2. The van der Waals surface area contributed by atoms with Gasteiger partial charge in [-0.1, -0.05) is 64.7 Å². The standard InChI is InChI=1S/C27H51N3O2/c1-2-3-4-11-18-32-22-16-17-23(24(31)19-22)27-29-25(20-12-7-5-8-13-20)28-26(30-27)21-14-9-6-10-15-21/h20-31H,2-19H2,1H3. The lowest BCUT2D eigenvalue weighted by atomic mass is 9.79. The van der Waals surface area contributed by atoms with Crippen LogP contribution in [0, 0.1) is 17.8 Å². The van der Waals surface area contributed by atoms with Gasteiger partial charge in [0.2, 0.25) is 0 Å². The summed E-state index contributed by atoms with van der Waals surface area (Å²) in [6.45, 7) is 3.11. The molecule has 0 aromatic heterocycles. The first-order valence-electron chi connectivity index (χ1n) is 14.3. The van der Waals surface area contributed by atoms with E-state index in [9.17, 15) is 5.11 Å². The van der Waals surface area contributed by atoms with Gasteiger partial charge in [-0.3, -0.25) is 16.0 Å². The summed E-state index contributed by atoms with van der Waals surface area (Å²) in [7, 11) is 0. The van der Waals surface area contributed by atoms with E-state index in [2.05, 4.69) is 22.9 Å². The molecule has 0 spiro atoms. The fourth-order valence-electron chi connectivity index (χ4n) is 6.90. The first kappa shape index (κ1) is 24.9. The number of aliphatic hydroxyl groups excluding tert-OH is 1. The van der Waals surface area contributed by atoms with Crippen LogP contribution < -0.4 is 16.0 Å². The van der Waals surface area contributed by atoms with Gasteiger partial charge in [-0.15, -0.1) is 0 Å². The molecule has 4 N–H and O–H groups in total. The SMILES string of the molecule is CCCCCCOC1CCC(C2NC(C3CCCCC3)NC(C3CCCCC3)N2)C(O)C1. The number of nitrogens with one attached hydrogen (secondary N) is 3. The quantitative estimate of drug-likeness (QED) is 0.372. The molecular formula is C27H51N3O2. The molecule has 32 heavy (non-hydrogen) atoms. The maximum atomic E-state index is 11.1. The minimum absolute atomic E-state index is 0.218. The molecule has 5 unspecified atom stereocenters. The largest absolute Gasteiger partial charge is 0.393 e. The van der Waals surface area contributed by atoms with E-state index in [1.54, 1.807) is 0 Å². The Kier molecular flexibility index (Phi) is 10.2. The molecule has 4 aliphatic rings. The Balaban J connectivity index is 1.33. The van der Waals surface area contributed by atoms with Gasteiger partial charge in [-0.25, -0.2) is 0 Å². The Morgan fingerprint density at radius 3 is 1.84 bits per heavy atom. The van der Waals surface area contributed by atoms with Gasteiger partial charge >= 0.3 is 0 Å². The van der Waals surface area contributed by atoms with Gasteiger partial charge in [0.25, 0.3) is 0 Å². The molecule has 0 bridgehead atoms. The van der Waals surface area contributed by atoms with E-state index < -0.39 is 0 Å². The van der Waals surface area contributed by atoms with Gasteiger partial charge in [-0.2, -0.15) is 0 Å². The summed E-state index contributed by atoms with van der Waals surface area (Å²) < 4.78 is 6.16. The van der Waals surface area contributed by atoms with Gasteiger partial charge in [-0.05, 0) is 63.2 Å². The second-order valence-electron chi connectivity index (χ2n) is 11.3. The van der Waals surface area contributed by atoms with E-state index in [1.807, 2.05) is 0 Å². The van der Waals surface area contributed by atoms with Gasteiger partial charge in [0.1, 0.15) is 0 Å². The maximum absolute atomic E-state index is 11.1. The summed E-state index contributed by atoms with van der Waals surface area (Å²) in [5.41, 5.74) is 0. The molecule has 1 aliphatic heterocycles. The van der Waals surface area contributed by atoms with Crippen LogP contribution in [0.4, 0.5) is 0 Å². The zero-order valence-corrected chi connectivity index (χ0v) is 20.7. The Morgan fingerprint density at radius 1 is 0.688 bits per heavy atom. The van der Waals surface area contributed by atoms with Crippen molar-refractivity contribution >= 4 is 0 Å². The molecule has 5 heteroatoms. The summed E-state index contributed by atoms with van der Waals surface area (Å²) >= 11 is 0. The van der Waals surface area contributed by atoms with Crippen LogP contribution in [-0.2, 0) is 4.74 Å². The molecule has 4 fully saturated rings. The number of aliphatic hydroxyl groups is 1. The highest BCUT2D eigenvalue weighted by molar-refractivity contribution is 4.96. The summed E-state index contributed by atoms with van der Waals surface area (Å²) in [6.07, 6.45) is 22.6. The van der Waals surface area contributed by atoms with Crippen LogP contribution in [0.5, 0.6) is 0 Å². The fraction of sp³-hybridized carbons (Fsp3) is 1.00. The van der Waals surface area contributed by atoms with E-state index in [0.717, 1.165) is 44.1 Å². The Labute approximate surface area is 197 Å². The molecule has 3 saturated carbocycles. The highest BCUT2D eigenvalue weighted by atomic mass is 16.5. The van der Waals surface area contributed by atoms with E-state index in [0.29, 0.717) is 12.3 Å². The predicted octanol–water partition coefficient (Wildman–Crippen LogP) is 5.03. The van der Waals surface area contributed by atoms with Crippen molar-refractivity contribution in [1.82, 2.24) is 16.0 Å². The highest BCUT2D eigenvalue weighted by Crippen LogP contribution is 2.34. The van der Waals surface area contributed by atoms with Gasteiger partial charge < -0.3 is 9.84 Å². The van der Waals surface area contributed by atoms with Crippen molar-refractivity contribution in [3.8, 4) is 0 Å². The summed E-state index contributed by atoms with van der Waals surface area (Å²) in [6, 6.07) is 0. The van der Waals surface area contributed by atoms with Gasteiger partial charge in [0, 0.05) is 12.5 Å². The molecule has 5 nitrogen and oxygen atoms in total. The Hall–Kier alpha value is -0.200. The third-order valence-electron chi connectivity index (χ3n) is 8.92. The molecule has 3 aliphatic carbocycles. The first-order valence-corrected chi connectivity index (χ1v) is 14.3. The van der Waals surface area contributed by atoms with Crippen molar-refractivity contribution in [3.05, 3.63) is 0 Å². The molecule has 0 aromatic carbocycles. The van der Waals surface area contributed by atoms with Crippen molar-refractivity contribution in [2.75, 3.05) is 6.61 Å². The van der Waals surface area contributed by atoms with Crippen molar-refractivity contribution in [3.63, 3.8) is 0 Å². The van der Waals surface area contributed by atoms with Crippen LogP contribution >= 0.6 is 0 Å². The van der Waals surface area contributed by atoms with Crippen molar-refractivity contribution in [1.29, 1.82) is 0 Å². The fourth-order valence-corrected chi connectivity index (χ4v) is 6.90. The third-order valence-corrected chi connectivity index (χ3v) is 8.92. The summed E-state index contributed by atoms with van der Waals surface area (Å²) in [5.74, 6) is 1.76. The van der Waals surface area contributed by atoms with Crippen LogP contribution in [0.1, 0.15) is 116 Å². The molecule has 1 saturated heterocycles. The number of rotatable bonds is 9. The van der Waals surface area contributed by atoms with Crippen LogP contribution in [0.2, 0.25) is 0 Å². The van der Waals surface area contributed by atoms with Crippen molar-refractivity contribution in [2.24, 2.45) is 17.8 Å². The topological polar surface area (TPSA) is 65.5 Å². The Morgan fingerprint density at radius 2 is 1.28 bits per heavy atom. The second-order valence-corrected chi connectivity index (χ2v) is 11.3. The van der Waals surface area contributed by atoms with Crippen LogP contribution in [0.3, 0.4) is 0 Å². The molecule has 0 amide bonds. The number of hydrogen-bond donors (Lipinski definition) is 4. The molecule has 0 aromatic rings. The van der Waals surface area contributed by atoms with Crippen LogP contribution in [0.15, 0.2) is 0 Å². The van der Waals surface area contributed by atoms with Crippen molar-refractivity contribution < 1.29 is 9.84 Å². The first-order chi connectivity index (χ1) is 15.7. The molecule has 0 radical (unpaired) electrons. The van der Waals surface area contributed by atoms with E-state index >= 15 is 0 Å². The normalized spacial score (nSPS) is 38.1. The highest BCUT2D eigenvalue weighted by Gasteiger charge is 2.42. The molecule has 186 valence electrons. The van der Waals surface area contributed by atoms with E-state index in [1.165, 1.54) is 83.5 Å². The smallest absolute Gasteiger partial charge is 0.0649 e. The second kappa shape index (κ2) is 13.0. The molecule has 5 atom stereocenters. The van der Waals surface area contributed by atoms with E-state index in [-0.39, 0.29) is 24.3 Å². The lowest BCUT2D eigenvalue weighted by Gasteiger charge is -2.50. The summed E-state index contributed by atoms with van der Waals surface area (Å²) in [5, 5.41) is 23.0. The minimum Gasteiger partial charge on any atom is -0.393 e. The third kappa shape index (κ3) is 6.91.